The van der Waals surface area contributed by atoms with Crippen molar-refractivity contribution in [1.82, 2.24) is 15.1 Å². The lowest BCUT2D eigenvalue weighted by molar-refractivity contribution is 0.0599. The Bertz CT molecular complexity index is 1290. The molecular formula is C25H28Cl3N3O5. The topological polar surface area (TPSA) is 116 Å². The molecular weight excluding hydrogens is 529 g/mol. The third-order valence-electron chi connectivity index (χ3n) is 6.16. The van der Waals surface area contributed by atoms with E-state index in [0.29, 0.717) is 51.4 Å². The molecule has 0 bridgehead atoms. The molecule has 0 saturated carbocycles. The summed E-state index contributed by atoms with van der Waals surface area (Å²) in [5.41, 5.74) is 1.88. The van der Waals surface area contributed by atoms with Crippen molar-refractivity contribution in [3.8, 4) is 17.4 Å². The van der Waals surface area contributed by atoms with Crippen LogP contribution in [0, 0.1) is 6.92 Å². The van der Waals surface area contributed by atoms with Crippen LogP contribution >= 0.6 is 35.6 Å². The van der Waals surface area contributed by atoms with Crippen LogP contribution in [-0.4, -0.2) is 58.0 Å². The lowest BCUT2D eigenvalue weighted by atomic mass is 9.89. The molecule has 1 atom stereocenters. The van der Waals surface area contributed by atoms with Gasteiger partial charge in [-0.25, -0.2) is 0 Å². The van der Waals surface area contributed by atoms with Crippen LogP contribution in [0.25, 0.3) is 22.6 Å². The zero-order chi connectivity index (χ0) is 23.7. The molecule has 0 radical (unpaired) electrons. The number of hydrogen-bond acceptors (Lipinski definition) is 7. The van der Waals surface area contributed by atoms with Crippen LogP contribution in [0.2, 0.25) is 10.0 Å². The number of nitrogens with zero attached hydrogens (tertiary/aromatic N) is 3. The van der Waals surface area contributed by atoms with Gasteiger partial charge in [-0.05, 0) is 61.7 Å². The maximum absolute atomic E-state index is 10.6. The second-order valence-corrected chi connectivity index (χ2v) is 9.43. The Morgan fingerprint density at radius 2 is 1.86 bits per heavy atom. The second kappa shape index (κ2) is 12.3. The van der Waals surface area contributed by atoms with Crippen LogP contribution in [0.3, 0.4) is 0 Å². The van der Waals surface area contributed by atoms with Gasteiger partial charge in [-0.1, -0.05) is 35.3 Å². The molecule has 2 aromatic heterocycles. The summed E-state index contributed by atoms with van der Waals surface area (Å²) in [5.74, 6) is 2.37. The average Bonchev–Trinajstić information content (AvgIpc) is 3.46. The third kappa shape index (κ3) is 6.32. The van der Waals surface area contributed by atoms with E-state index >= 15 is 0 Å². The van der Waals surface area contributed by atoms with Crippen molar-refractivity contribution in [2.45, 2.75) is 31.8 Å². The minimum absolute atomic E-state index is 0. The van der Waals surface area contributed by atoms with Gasteiger partial charge in [0.25, 0.3) is 5.89 Å². The molecule has 194 valence electrons. The first kappa shape index (κ1) is 28.2. The highest BCUT2D eigenvalue weighted by molar-refractivity contribution is 6.42. The summed E-state index contributed by atoms with van der Waals surface area (Å²) in [5, 5.41) is 20.4. The molecule has 1 aliphatic heterocycles. The van der Waals surface area contributed by atoms with Crippen molar-refractivity contribution >= 4 is 46.6 Å². The fraction of sp³-hybridized carbons (Fsp3) is 0.360. The molecule has 1 saturated heterocycles. The summed E-state index contributed by atoms with van der Waals surface area (Å²) in [6.45, 7) is 4.29. The predicted octanol–water partition coefficient (Wildman–Crippen LogP) is 5.31. The number of fused-ring (bicyclic) bond motifs is 1. The normalized spacial score (nSPS) is 15.3. The number of piperidine rings is 1. The molecule has 4 aromatic rings. The fourth-order valence-electron chi connectivity index (χ4n) is 4.41. The summed E-state index contributed by atoms with van der Waals surface area (Å²) in [4.78, 5) is 2.27. The Labute approximate surface area is 224 Å². The molecule has 0 amide bonds. The smallest absolute Gasteiger partial charge is 0.283 e. The van der Waals surface area contributed by atoms with Crippen LogP contribution in [-0.2, 0) is 0 Å². The Hall–Kier alpha value is -2.33. The highest BCUT2D eigenvalue weighted by Gasteiger charge is 2.23. The minimum atomic E-state index is -0.609. The monoisotopic (exact) mass is 555 g/mol. The van der Waals surface area contributed by atoms with Gasteiger partial charge >= 0.3 is 0 Å². The average molecular weight is 557 g/mol. The minimum Gasteiger partial charge on any atom is -0.490 e. The van der Waals surface area contributed by atoms with E-state index in [1.54, 1.807) is 6.92 Å². The van der Waals surface area contributed by atoms with E-state index in [0.717, 1.165) is 31.3 Å². The summed E-state index contributed by atoms with van der Waals surface area (Å²) >= 11 is 12.2. The Balaban J connectivity index is 0.00000180. The first-order valence-electron chi connectivity index (χ1n) is 11.3. The molecule has 0 unspecified atom stereocenters. The quantitative estimate of drug-likeness (QED) is 0.328. The SMILES string of the molecule is Cc1nnc(-c2cc3c(OC[C@@H](O)CN4CCC(c5ccc(Cl)c(Cl)c5)CC4)cccc3o2)o1.Cl.O. The van der Waals surface area contributed by atoms with E-state index in [-0.39, 0.29) is 24.5 Å². The Morgan fingerprint density at radius 3 is 2.56 bits per heavy atom. The number of furan rings is 1. The summed E-state index contributed by atoms with van der Waals surface area (Å²) < 4.78 is 17.2. The van der Waals surface area contributed by atoms with Crippen LogP contribution < -0.4 is 4.74 Å². The maximum Gasteiger partial charge on any atom is 0.283 e. The van der Waals surface area contributed by atoms with Gasteiger partial charge in [0.15, 0.2) is 5.76 Å². The van der Waals surface area contributed by atoms with Crippen molar-refractivity contribution in [2.24, 2.45) is 0 Å². The van der Waals surface area contributed by atoms with Crippen LogP contribution in [0.4, 0.5) is 0 Å². The number of ether oxygens (including phenoxy) is 1. The van der Waals surface area contributed by atoms with Gasteiger partial charge in [0.1, 0.15) is 24.0 Å². The van der Waals surface area contributed by atoms with Gasteiger partial charge in [0.2, 0.25) is 5.89 Å². The molecule has 1 fully saturated rings. The van der Waals surface area contributed by atoms with Gasteiger partial charge in [-0.15, -0.1) is 22.6 Å². The van der Waals surface area contributed by atoms with Crippen molar-refractivity contribution < 1.29 is 24.2 Å². The van der Waals surface area contributed by atoms with E-state index < -0.39 is 6.10 Å². The van der Waals surface area contributed by atoms with E-state index in [1.165, 1.54) is 5.56 Å². The van der Waals surface area contributed by atoms with Crippen molar-refractivity contribution in [1.29, 1.82) is 0 Å². The zero-order valence-corrected chi connectivity index (χ0v) is 21.9. The highest BCUT2D eigenvalue weighted by atomic mass is 35.5. The van der Waals surface area contributed by atoms with E-state index in [2.05, 4.69) is 21.2 Å². The number of halogens is 3. The van der Waals surface area contributed by atoms with E-state index in [9.17, 15) is 5.11 Å². The standard InChI is InChI=1S/C25H25Cl2N3O4.ClH.H2O/c1-15-28-29-25(33-15)24-12-19-22(3-2-4-23(19)34-24)32-14-18(31)13-30-9-7-16(8-10-30)17-5-6-20(26)21(27)11-17;;/h2-6,11-12,16,18,31H,7-10,13-14H2,1H3;1H;1H2/t18-;;/m0../s1. The predicted molar refractivity (Wildman–Crippen MR) is 141 cm³/mol. The Morgan fingerprint density at radius 1 is 1.08 bits per heavy atom. The fourth-order valence-corrected chi connectivity index (χ4v) is 4.72. The second-order valence-electron chi connectivity index (χ2n) is 8.62. The number of hydrogen-bond donors (Lipinski definition) is 1. The summed E-state index contributed by atoms with van der Waals surface area (Å²) in [6, 6.07) is 13.3. The van der Waals surface area contributed by atoms with Crippen molar-refractivity contribution in [3.63, 3.8) is 0 Å². The molecule has 3 N–H and O–H groups in total. The summed E-state index contributed by atoms with van der Waals surface area (Å²) in [6.07, 6.45) is 1.41. The number of aliphatic hydroxyl groups is 1. The number of aryl methyl sites for hydroxylation is 1. The number of rotatable bonds is 7. The van der Waals surface area contributed by atoms with Gasteiger partial charge in [-0.2, -0.15) is 0 Å². The van der Waals surface area contributed by atoms with Crippen molar-refractivity contribution in [3.05, 3.63) is 64.0 Å². The molecule has 2 aromatic carbocycles. The summed E-state index contributed by atoms with van der Waals surface area (Å²) in [7, 11) is 0. The molecule has 1 aliphatic rings. The molecule has 3 heterocycles. The van der Waals surface area contributed by atoms with Crippen LogP contribution in [0.1, 0.15) is 30.2 Å². The number of likely N-dealkylation sites (tertiary alicyclic amines) is 1. The largest absolute Gasteiger partial charge is 0.490 e. The molecule has 11 heteroatoms. The van der Waals surface area contributed by atoms with Gasteiger partial charge in [0, 0.05) is 19.5 Å². The number of aromatic nitrogens is 2. The highest BCUT2D eigenvalue weighted by Crippen LogP contribution is 2.34. The number of aliphatic hydroxyl groups excluding tert-OH is 1. The van der Waals surface area contributed by atoms with Gasteiger partial charge in [-0.3, -0.25) is 0 Å². The van der Waals surface area contributed by atoms with Crippen LogP contribution in [0.15, 0.2) is 51.3 Å². The van der Waals surface area contributed by atoms with E-state index in [4.69, 9.17) is 36.8 Å². The van der Waals surface area contributed by atoms with Crippen molar-refractivity contribution in [2.75, 3.05) is 26.2 Å². The lowest BCUT2D eigenvalue weighted by Crippen LogP contribution is -2.40. The molecule has 0 spiro atoms. The first-order valence-corrected chi connectivity index (χ1v) is 12.0. The first-order chi connectivity index (χ1) is 16.5. The van der Waals surface area contributed by atoms with Crippen LogP contribution in [0.5, 0.6) is 5.75 Å². The number of β-amino-alcohol motifs (C(OH)–C–C–N with tert-alkyl or cyclic N) is 1. The maximum atomic E-state index is 10.6. The van der Waals surface area contributed by atoms with Gasteiger partial charge < -0.3 is 29.1 Å². The van der Waals surface area contributed by atoms with E-state index in [1.807, 2.05) is 36.4 Å². The third-order valence-corrected chi connectivity index (χ3v) is 6.90. The molecule has 0 aliphatic carbocycles. The molecule has 36 heavy (non-hydrogen) atoms. The van der Waals surface area contributed by atoms with Gasteiger partial charge in [0.05, 0.1) is 15.4 Å². The Kier molecular flexibility index (Phi) is 9.63. The lowest BCUT2D eigenvalue weighted by Gasteiger charge is -2.33. The zero-order valence-electron chi connectivity index (χ0n) is 19.6. The molecule has 5 rings (SSSR count). The number of benzene rings is 2. The molecule has 8 nitrogen and oxygen atoms in total.